The molecular formula is C19H27N3O2. The molecule has 2 fully saturated rings. The maximum Gasteiger partial charge on any atom is 0.325 e. The minimum absolute atomic E-state index is 0.0620. The normalized spacial score (nSPS) is 22.2. The Hall–Kier alpha value is -1.88. The third kappa shape index (κ3) is 3.05. The second kappa shape index (κ2) is 6.55. The van der Waals surface area contributed by atoms with Gasteiger partial charge in [-0.1, -0.05) is 44.2 Å². The molecule has 5 nitrogen and oxygen atoms in total. The van der Waals surface area contributed by atoms with Gasteiger partial charge in [0.1, 0.15) is 5.54 Å². The molecule has 2 aliphatic rings. The number of piperidine rings is 1. The Morgan fingerprint density at radius 3 is 2.29 bits per heavy atom. The highest BCUT2D eigenvalue weighted by Crippen LogP contribution is 2.34. The van der Waals surface area contributed by atoms with Crippen LogP contribution in [-0.2, 0) is 4.79 Å². The largest absolute Gasteiger partial charge is 0.325 e. The molecule has 0 aliphatic carbocycles. The lowest BCUT2D eigenvalue weighted by Crippen LogP contribution is -2.55. The molecule has 1 atom stereocenters. The fraction of sp³-hybridized carbons (Fsp3) is 0.579. The fourth-order valence-corrected chi connectivity index (χ4v) is 3.85. The third-order valence-electron chi connectivity index (χ3n) is 5.20. The zero-order valence-corrected chi connectivity index (χ0v) is 14.8. The molecule has 0 radical (unpaired) electrons. The summed E-state index contributed by atoms with van der Waals surface area (Å²) < 4.78 is 0. The van der Waals surface area contributed by atoms with Gasteiger partial charge in [0.2, 0.25) is 0 Å². The molecule has 1 N–H and O–H groups in total. The van der Waals surface area contributed by atoms with Crippen molar-refractivity contribution in [1.82, 2.24) is 15.1 Å². The van der Waals surface area contributed by atoms with Crippen molar-refractivity contribution in [2.24, 2.45) is 5.92 Å². The number of rotatable bonds is 4. The Labute approximate surface area is 144 Å². The predicted octanol–water partition coefficient (Wildman–Crippen LogP) is 2.79. The van der Waals surface area contributed by atoms with Crippen LogP contribution in [0.3, 0.4) is 0 Å². The summed E-state index contributed by atoms with van der Waals surface area (Å²) in [6.45, 7) is 9.09. The molecule has 24 heavy (non-hydrogen) atoms. The van der Waals surface area contributed by atoms with Gasteiger partial charge in [0.05, 0.1) is 6.04 Å². The first-order valence-electron chi connectivity index (χ1n) is 8.86. The van der Waals surface area contributed by atoms with Crippen LogP contribution in [0.25, 0.3) is 0 Å². The molecule has 3 rings (SSSR count). The molecule has 0 aromatic heterocycles. The van der Waals surface area contributed by atoms with Crippen LogP contribution in [0.15, 0.2) is 30.3 Å². The van der Waals surface area contributed by atoms with E-state index in [1.807, 2.05) is 37.3 Å². The minimum atomic E-state index is -0.701. The Balaban J connectivity index is 1.73. The number of nitrogens with one attached hydrogen (secondary N) is 1. The highest BCUT2D eigenvalue weighted by molar-refractivity contribution is 6.07. The van der Waals surface area contributed by atoms with E-state index in [1.165, 1.54) is 4.90 Å². The van der Waals surface area contributed by atoms with Gasteiger partial charge in [-0.3, -0.25) is 9.69 Å². The molecule has 2 saturated heterocycles. The summed E-state index contributed by atoms with van der Waals surface area (Å²) in [7, 11) is 0. The van der Waals surface area contributed by atoms with Crippen LogP contribution >= 0.6 is 0 Å². The summed E-state index contributed by atoms with van der Waals surface area (Å²) in [6, 6.07) is 9.23. The van der Waals surface area contributed by atoms with Gasteiger partial charge in [0, 0.05) is 19.6 Å². The summed E-state index contributed by atoms with van der Waals surface area (Å²) in [5.74, 6) is 0.551. The summed E-state index contributed by atoms with van der Waals surface area (Å²) >= 11 is 0. The number of amides is 3. The van der Waals surface area contributed by atoms with Gasteiger partial charge in [0.15, 0.2) is 0 Å². The highest BCUT2D eigenvalue weighted by Gasteiger charge is 2.53. The van der Waals surface area contributed by atoms with Gasteiger partial charge in [-0.15, -0.1) is 0 Å². The van der Waals surface area contributed by atoms with E-state index in [4.69, 9.17) is 0 Å². The van der Waals surface area contributed by atoms with E-state index in [-0.39, 0.29) is 18.0 Å². The van der Waals surface area contributed by atoms with Crippen molar-refractivity contribution in [3.05, 3.63) is 35.9 Å². The second-order valence-corrected chi connectivity index (χ2v) is 7.47. The van der Waals surface area contributed by atoms with E-state index >= 15 is 0 Å². The number of benzene rings is 1. The minimum Gasteiger partial charge on any atom is -0.323 e. The summed E-state index contributed by atoms with van der Waals surface area (Å²) in [5, 5.41) is 3.00. The van der Waals surface area contributed by atoms with Gasteiger partial charge in [-0.05, 0) is 31.2 Å². The number of urea groups is 1. The average molecular weight is 329 g/mol. The number of hydrogen-bond donors (Lipinski definition) is 1. The summed E-state index contributed by atoms with van der Waals surface area (Å²) in [4.78, 5) is 29.4. The Kier molecular flexibility index (Phi) is 4.63. The number of hydrogen-bond acceptors (Lipinski definition) is 3. The van der Waals surface area contributed by atoms with Gasteiger partial charge >= 0.3 is 6.03 Å². The van der Waals surface area contributed by atoms with Gasteiger partial charge < -0.3 is 10.2 Å². The van der Waals surface area contributed by atoms with E-state index in [0.717, 1.165) is 25.2 Å². The number of likely N-dealkylation sites (tertiary alicyclic amines) is 1. The molecular weight excluding hydrogens is 302 g/mol. The molecule has 130 valence electrons. The fourth-order valence-electron chi connectivity index (χ4n) is 3.85. The van der Waals surface area contributed by atoms with Crippen LogP contribution in [0.1, 0.15) is 45.2 Å². The van der Waals surface area contributed by atoms with Crippen LogP contribution in [0.4, 0.5) is 4.79 Å². The second-order valence-electron chi connectivity index (χ2n) is 7.47. The predicted molar refractivity (Wildman–Crippen MR) is 93.5 cm³/mol. The van der Waals surface area contributed by atoms with E-state index < -0.39 is 5.54 Å². The first-order chi connectivity index (χ1) is 11.4. The molecule has 1 aromatic rings. The quantitative estimate of drug-likeness (QED) is 0.864. The van der Waals surface area contributed by atoms with E-state index in [0.29, 0.717) is 18.8 Å². The van der Waals surface area contributed by atoms with Crippen molar-refractivity contribution in [1.29, 1.82) is 0 Å². The maximum absolute atomic E-state index is 13.1. The highest BCUT2D eigenvalue weighted by atomic mass is 16.2. The third-order valence-corrected chi connectivity index (χ3v) is 5.20. The Bertz CT molecular complexity index is 606. The molecule has 1 unspecified atom stereocenters. The lowest BCUT2D eigenvalue weighted by molar-refractivity contribution is -0.134. The van der Waals surface area contributed by atoms with Crippen molar-refractivity contribution in [3.8, 4) is 0 Å². The van der Waals surface area contributed by atoms with Crippen molar-refractivity contribution >= 4 is 11.9 Å². The Morgan fingerprint density at radius 2 is 1.71 bits per heavy atom. The summed E-state index contributed by atoms with van der Waals surface area (Å²) in [5.41, 5.74) is 0.281. The molecule has 3 amide bonds. The van der Waals surface area contributed by atoms with Crippen LogP contribution in [0.2, 0.25) is 0 Å². The molecule has 1 aromatic carbocycles. The van der Waals surface area contributed by atoms with Gasteiger partial charge in [0.25, 0.3) is 5.91 Å². The first-order valence-corrected chi connectivity index (χ1v) is 8.86. The molecule has 2 aliphatic heterocycles. The number of imide groups is 1. The smallest absolute Gasteiger partial charge is 0.323 e. The molecule has 5 heteroatoms. The molecule has 2 heterocycles. The summed E-state index contributed by atoms with van der Waals surface area (Å²) in [6.07, 6.45) is 1.39. The van der Waals surface area contributed by atoms with Crippen molar-refractivity contribution in [2.75, 3.05) is 19.6 Å². The van der Waals surface area contributed by atoms with Crippen LogP contribution in [0.5, 0.6) is 0 Å². The van der Waals surface area contributed by atoms with Crippen molar-refractivity contribution < 1.29 is 9.59 Å². The number of carbonyl (C=O) groups excluding carboxylic acids is 2. The van der Waals surface area contributed by atoms with Crippen molar-refractivity contribution in [2.45, 2.75) is 45.2 Å². The van der Waals surface area contributed by atoms with Crippen LogP contribution in [-0.4, -0.2) is 46.9 Å². The standard InChI is InChI=1S/C19H27N3O2/c1-14(2)13-21-11-9-19(10-12-21)17(23)22(18(24)20-19)15(3)16-7-5-4-6-8-16/h4-8,14-15H,9-13H2,1-3H3,(H,20,24). The SMILES string of the molecule is CC(C)CN1CCC2(CC1)NC(=O)N(C(C)c1ccccc1)C2=O. The zero-order chi connectivity index (χ0) is 17.3. The molecule has 0 saturated carbocycles. The lowest BCUT2D eigenvalue weighted by atomic mass is 9.87. The molecule has 0 bridgehead atoms. The maximum atomic E-state index is 13.1. The topological polar surface area (TPSA) is 52.7 Å². The lowest BCUT2D eigenvalue weighted by Gasteiger charge is -2.38. The number of nitrogens with zero attached hydrogens (tertiary/aromatic N) is 2. The van der Waals surface area contributed by atoms with Crippen molar-refractivity contribution in [3.63, 3.8) is 0 Å². The van der Waals surface area contributed by atoms with Crippen LogP contribution in [0, 0.1) is 5.92 Å². The average Bonchev–Trinajstić information content (AvgIpc) is 2.80. The monoisotopic (exact) mass is 329 g/mol. The van der Waals surface area contributed by atoms with E-state index in [1.54, 1.807) is 0 Å². The zero-order valence-electron chi connectivity index (χ0n) is 14.8. The molecule has 1 spiro atoms. The number of carbonyl (C=O) groups is 2. The first kappa shape index (κ1) is 17.0. The van der Waals surface area contributed by atoms with Gasteiger partial charge in [-0.25, -0.2) is 4.79 Å². The van der Waals surface area contributed by atoms with E-state index in [2.05, 4.69) is 24.1 Å². The Morgan fingerprint density at radius 1 is 1.08 bits per heavy atom. The van der Waals surface area contributed by atoms with Gasteiger partial charge in [-0.2, -0.15) is 0 Å². The van der Waals surface area contributed by atoms with E-state index in [9.17, 15) is 9.59 Å². The van der Waals surface area contributed by atoms with Crippen LogP contribution < -0.4 is 5.32 Å².